The Hall–Kier alpha value is -3.02. The lowest BCUT2D eigenvalue weighted by Gasteiger charge is -2.29. The zero-order valence-electron chi connectivity index (χ0n) is 29.3. The minimum Gasteiger partial charge on any atom is -0.463 e. The summed E-state index contributed by atoms with van der Waals surface area (Å²) in [5.74, 6) is -0.628. The molecule has 0 aromatic heterocycles. The van der Waals surface area contributed by atoms with Crippen LogP contribution in [-0.4, -0.2) is 78.0 Å². The van der Waals surface area contributed by atoms with Gasteiger partial charge in [0, 0.05) is 17.9 Å². The van der Waals surface area contributed by atoms with Crippen LogP contribution in [0.3, 0.4) is 0 Å². The molecule has 0 spiro atoms. The minimum absolute atomic E-state index is 0.0550. The van der Waals surface area contributed by atoms with E-state index in [1.165, 1.54) is 6.42 Å². The van der Waals surface area contributed by atoms with Gasteiger partial charge in [-0.25, -0.2) is 4.79 Å². The molecule has 2 unspecified atom stereocenters. The van der Waals surface area contributed by atoms with Gasteiger partial charge in [0.2, 0.25) is 11.8 Å². The van der Waals surface area contributed by atoms with Crippen LogP contribution in [0.2, 0.25) is 0 Å². The highest BCUT2D eigenvalue weighted by molar-refractivity contribution is 6.05. The number of oxime groups is 1. The number of nitrogens with zero attached hydrogens (tertiary/aromatic N) is 2. The van der Waals surface area contributed by atoms with Gasteiger partial charge in [-0.1, -0.05) is 59.0 Å². The Kier molecular flexibility index (Phi) is 19.5. The summed E-state index contributed by atoms with van der Waals surface area (Å²) in [5, 5.41) is 14.4. The summed E-state index contributed by atoms with van der Waals surface area (Å²) in [6.07, 6.45) is 7.10. The molecule has 0 bridgehead atoms. The van der Waals surface area contributed by atoms with E-state index < -0.39 is 16.9 Å². The molecule has 2 rings (SSSR count). The topological polar surface area (TPSA) is 161 Å². The molecule has 0 aromatic rings. The SMILES string of the molecule is CC1C(=O)N(C2CCCCC2)C(=O)C1C.CCC(C)(C)C(=O)OCCO.CCC(C)=NOC(=O)NCCOC(=O)C(C)(C)CC. The largest absolute Gasteiger partial charge is 0.463 e. The van der Waals surface area contributed by atoms with Crippen LogP contribution in [0, 0.1) is 22.7 Å². The first kappa shape index (κ1) is 42.0. The summed E-state index contributed by atoms with van der Waals surface area (Å²) in [6.45, 7) is 18.9. The number of likely N-dealkylation sites (tertiary alicyclic amines) is 1. The molecular formula is C33H59N3O9. The minimum atomic E-state index is -0.654. The molecular weight excluding hydrogens is 582 g/mol. The van der Waals surface area contributed by atoms with Gasteiger partial charge in [-0.2, -0.15) is 0 Å². The Morgan fingerprint density at radius 2 is 1.33 bits per heavy atom. The normalized spacial score (nSPS) is 19.1. The number of carbonyl (C=O) groups is 5. The lowest BCUT2D eigenvalue weighted by molar-refractivity contribution is -0.155. The highest BCUT2D eigenvalue weighted by Crippen LogP contribution is 2.32. The second kappa shape index (κ2) is 20.9. The molecule has 2 aliphatic rings. The van der Waals surface area contributed by atoms with Crippen molar-refractivity contribution in [2.45, 2.75) is 127 Å². The fourth-order valence-corrected chi connectivity index (χ4v) is 4.01. The van der Waals surface area contributed by atoms with E-state index in [-0.39, 0.29) is 68.0 Å². The number of ether oxygens (including phenoxy) is 2. The summed E-state index contributed by atoms with van der Waals surface area (Å²) in [4.78, 5) is 63.9. The van der Waals surface area contributed by atoms with Crippen LogP contribution >= 0.6 is 0 Å². The summed E-state index contributed by atoms with van der Waals surface area (Å²) in [5.41, 5.74) is -0.190. The van der Waals surface area contributed by atoms with Crippen molar-refractivity contribution in [1.82, 2.24) is 10.2 Å². The van der Waals surface area contributed by atoms with E-state index in [2.05, 4.69) is 15.3 Å². The summed E-state index contributed by atoms with van der Waals surface area (Å²) in [7, 11) is 0. The van der Waals surface area contributed by atoms with E-state index in [0.29, 0.717) is 6.42 Å². The number of amides is 3. The monoisotopic (exact) mass is 641 g/mol. The molecule has 2 N–H and O–H groups in total. The first-order valence-electron chi connectivity index (χ1n) is 16.3. The Morgan fingerprint density at radius 1 is 0.867 bits per heavy atom. The summed E-state index contributed by atoms with van der Waals surface area (Å²) in [6, 6.07) is 0.200. The fraction of sp³-hybridized carbons (Fsp3) is 0.818. The smallest absolute Gasteiger partial charge is 0.433 e. The van der Waals surface area contributed by atoms with Crippen molar-refractivity contribution in [2.75, 3.05) is 26.4 Å². The van der Waals surface area contributed by atoms with E-state index in [9.17, 15) is 24.0 Å². The standard InChI is InChI=1S/C13H24N2O4.C12H19NO2.C8H16O3/c1-6-10(3)15-19-12(17)14-8-9-18-11(16)13(4,5)7-2;1-8-9(2)12(15)13(11(8)14)10-6-4-3-5-7-10;1-4-8(2,3)7(10)11-6-5-9/h6-9H2,1-5H3,(H,14,17);8-10H,3-7H2,1-2H3;9H,4-6H2,1-3H3. The number of rotatable bonds is 12. The molecule has 0 radical (unpaired) electrons. The number of aliphatic hydroxyl groups excluding tert-OH is 1. The van der Waals surface area contributed by atoms with Crippen molar-refractivity contribution in [2.24, 2.45) is 27.8 Å². The van der Waals surface area contributed by atoms with Crippen LogP contribution in [0.15, 0.2) is 5.16 Å². The van der Waals surface area contributed by atoms with Gasteiger partial charge in [-0.15, -0.1) is 0 Å². The molecule has 0 aromatic carbocycles. The number of esters is 2. The Labute approximate surface area is 270 Å². The molecule has 12 nitrogen and oxygen atoms in total. The number of aliphatic hydroxyl groups is 1. The Morgan fingerprint density at radius 3 is 1.76 bits per heavy atom. The van der Waals surface area contributed by atoms with Crippen molar-refractivity contribution in [1.29, 1.82) is 0 Å². The lowest BCUT2D eigenvalue weighted by atomic mass is 9.91. The Bertz CT molecular complexity index is 968. The first-order valence-corrected chi connectivity index (χ1v) is 16.3. The molecule has 1 heterocycles. The fourth-order valence-electron chi connectivity index (χ4n) is 4.01. The second-order valence-electron chi connectivity index (χ2n) is 12.9. The van der Waals surface area contributed by atoms with E-state index in [0.717, 1.165) is 44.2 Å². The van der Waals surface area contributed by atoms with Gasteiger partial charge in [-0.05, 0) is 66.7 Å². The van der Waals surface area contributed by atoms with Crippen molar-refractivity contribution >= 4 is 35.6 Å². The molecule has 2 atom stereocenters. The van der Waals surface area contributed by atoms with Gasteiger partial charge in [0.15, 0.2) is 0 Å². The molecule has 260 valence electrons. The number of hydrogen-bond acceptors (Lipinski definition) is 10. The van der Waals surface area contributed by atoms with Crippen LogP contribution in [0.5, 0.6) is 0 Å². The van der Waals surface area contributed by atoms with Gasteiger partial charge >= 0.3 is 18.0 Å². The van der Waals surface area contributed by atoms with Crippen LogP contribution in [0.4, 0.5) is 4.79 Å². The highest BCUT2D eigenvalue weighted by atomic mass is 16.7. The summed E-state index contributed by atoms with van der Waals surface area (Å²) < 4.78 is 9.81. The molecule has 12 heteroatoms. The molecule has 1 saturated heterocycles. The third-order valence-corrected chi connectivity index (χ3v) is 8.54. The molecule has 45 heavy (non-hydrogen) atoms. The molecule has 3 amide bonds. The van der Waals surface area contributed by atoms with Crippen molar-refractivity contribution in [3.8, 4) is 0 Å². The maximum Gasteiger partial charge on any atom is 0.433 e. The average Bonchev–Trinajstić information content (AvgIpc) is 3.23. The molecule has 1 saturated carbocycles. The number of imide groups is 1. The predicted molar refractivity (Wildman–Crippen MR) is 172 cm³/mol. The van der Waals surface area contributed by atoms with Crippen LogP contribution in [0.1, 0.15) is 121 Å². The van der Waals surface area contributed by atoms with Gasteiger partial charge in [0.05, 0.1) is 29.7 Å². The number of nitrogens with one attached hydrogen (secondary N) is 1. The maximum atomic E-state index is 11.9. The van der Waals surface area contributed by atoms with Crippen LogP contribution in [0.25, 0.3) is 0 Å². The van der Waals surface area contributed by atoms with Gasteiger partial charge in [0.1, 0.15) is 13.2 Å². The molecule has 1 aliphatic carbocycles. The van der Waals surface area contributed by atoms with Gasteiger partial charge in [-0.3, -0.25) is 28.9 Å². The van der Waals surface area contributed by atoms with Crippen LogP contribution < -0.4 is 5.32 Å². The van der Waals surface area contributed by atoms with E-state index in [1.807, 2.05) is 62.3 Å². The van der Waals surface area contributed by atoms with Crippen molar-refractivity contribution in [3.05, 3.63) is 0 Å². The van der Waals surface area contributed by atoms with Gasteiger partial charge < -0.3 is 19.9 Å². The van der Waals surface area contributed by atoms with E-state index in [4.69, 9.17) is 14.6 Å². The van der Waals surface area contributed by atoms with Gasteiger partial charge in [0.25, 0.3) is 0 Å². The third kappa shape index (κ3) is 14.7. The van der Waals surface area contributed by atoms with Crippen LogP contribution in [-0.2, 0) is 33.5 Å². The Balaban J connectivity index is 0.000000669. The number of hydrogen-bond donors (Lipinski definition) is 2. The average molecular weight is 642 g/mol. The molecule has 1 aliphatic heterocycles. The number of carbonyl (C=O) groups excluding carboxylic acids is 5. The highest BCUT2D eigenvalue weighted by Gasteiger charge is 2.45. The lowest BCUT2D eigenvalue weighted by Crippen LogP contribution is -2.41. The molecule has 2 fully saturated rings. The third-order valence-electron chi connectivity index (χ3n) is 8.54. The summed E-state index contributed by atoms with van der Waals surface area (Å²) >= 11 is 0. The first-order chi connectivity index (χ1) is 21.0. The maximum absolute atomic E-state index is 11.9. The zero-order chi connectivity index (χ0) is 34.8. The van der Waals surface area contributed by atoms with E-state index in [1.54, 1.807) is 11.8 Å². The predicted octanol–water partition coefficient (Wildman–Crippen LogP) is 5.40. The van der Waals surface area contributed by atoms with Crippen molar-refractivity contribution < 1.29 is 43.4 Å². The second-order valence-corrected chi connectivity index (χ2v) is 12.9. The van der Waals surface area contributed by atoms with Crippen molar-refractivity contribution in [3.63, 3.8) is 0 Å². The van der Waals surface area contributed by atoms with E-state index >= 15 is 0 Å². The zero-order valence-corrected chi connectivity index (χ0v) is 29.3. The quantitative estimate of drug-likeness (QED) is 0.0710.